The molecule has 35 heavy (non-hydrogen) atoms. The number of pyridine rings is 1. The molecule has 0 aliphatic rings. The number of aromatic nitrogens is 3. The number of hydrogen-bond donors (Lipinski definition) is 2. The lowest BCUT2D eigenvalue weighted by Gasteiger charge is -2.13. The molecule has 0 saturated carbocycles. The third-order valence-electron chi connectivity index (χ3n) is 5.04. The highest BCUT2D eigenvalue weighted by atomic mass is 79.9. The van der Waals surface area contributed by atoms with Gasteiger partial charge in [0.1, 0.15) is 11.4 Å². The standard InChI is InChI=1S/C23H14BrF3N6O2/c24-14-5-6-17-15(7-14)16(8-19(31-17)23(25,26)27)22(35)32-18-10-30-33(20(18)21(29)34)11-13-3-1-12(9-28)2-4-13/h1-8,10H,11H2,(H2,29,34)(H,32,35). The predicted molar refractivity (Wildman–Crippen MR) is 123 cm³/mol. The molecule has 0 fully saturated rings. The molecule has 0 radical (unpaired) electrons. The molecule has 2 amide bonds. The number of amides is 2. The monoisotopic (exact) mass is 542 g/mol. The van der Waals surface area contributed by atoms with Gasteiger partial charge in [-0.3, -0.25) is 14.3 Å². The van der Waals surface area contributed by atoms with E-state index in [0.717, 1.165) is 0 Å². The summed E-state index contributed by atoms with van der Waals surface area (Å²) in [4.78, 5) is 28.9. The van der Waals surface area contributed by atoms with Gasteiger partial charge in [-0.25, -0.2) is 4.98 Å². The molecule has 0 bridgehead atoms. The molecule has 0 atom stereocenters. The highest BCUT2D eigenvalue weighted by molar-refractivity contribution is 9.10. The van der Waals surface area contributed by atoms with E-state index in [1.54, 1.807) is 24.3 Å². The van der Waals surface area contributed by atoms with Crippen LogP contribution in [0.3, 0.4) is 0 Å². The summed E-state index contributed by atoms with van der Waals surface area (Å²) in [6.45, 7) is 0.100. The Morgan fingerprint density at radius 3 is 2.49 bits per heavy atom. The summed E-state index contributed by atoms with van der Waals surface area (Å²) in [5.74, 6) is -1.80. The number of anilines is 1. The minimum absolute atomic E-state index is 0.0280. The molecule has 3 N–H and O–H groups in total. The first-order valence-corrected chi connectivity index (χ1v) is 10.7. The SMILES string of the molecule is N#Cc1ccc(Cn2ncc(NC(=O)c3cc(C(F)(F)F)nc4ccc(Br)cc34)c2C(N)=O)cc1. The third kappa shape index (κ3) is 4.99. The molecule has 12 heteroatoms. The van der Waals surface area contributed by atoms with E-state index >= 15 is 0 Å². The van der Waals surface area contributed by atoms with Crippen molar-refractivity contribution in [1.29, 1.82) is 5.26 Å². The van der Waals surface area contributed by atoms with Crippen molar-refractivity contribution in [2.45, 2.75) is 12.7 Å². The molecule has 0 unspecified atom stereocenters. The Hall–Kier alpha value is -4.24. The van der Waals surface area contributed by atoms with Crippen LogP contribution in [0, 0.1) is 11.3 Å². The van der Waals surface area contributed by atoms with Gasteiger partial charge in [-0.15, -0.1) is 0 Å². The minimum Gasteiger partial charge on any atom is -0.364 e. The van der Waals surface area contributed by atoms with Gasteiger partial charge in [-0.1, -0.05) is 28.1 Å². The van der Waals surface area contributed by atoms with Crippen LogP contribution in [0.2, 0.25) is 0 Å². The topological polar surface area (TPSA) is 127 Å². The summed E-state index contributed by atoms with van der Waals surface area (Å²) in [6, 6.07) is 13.5. The largest absolute Gasteiger partial charge is 0.433 e. The number of carbonyl (C=O) groups is 2. The van der Waals surface area contributed by atoms with Gasteiger partial charge in [0.25, 0.3) is 11.8 Å². The van der Waals surface area contributed by atoms with Crippen LogP contribution < -0.4 is 11.1 Å². The van der Waals surface area contributed by atoms with Crippen LogP contribution in [-0.4, -0.2) is 26.6 Å². The summed E-state index contributed by atoms with van der Waals surface area (Å²) in [5, 5.41) is 15.6. The summed E-state index contributed by atoms with van der Waals surface area (Å²) < 4.78 is 42.0. The summed E-state index contributed by atoms with van der Waals surface area (Å²) in [5.41, 5.74) is 4.90. The Balaban J connectivity index is 1.71. The maximum atomic E-state index is 13.4. The first-order valence-electron chi connectivity index (χ1n) is 9.90. The van der Waals surface area contributed by atoms with Crippen molar-refractivity contribution < 1.29 is 22.8 Å². The summed E-state index contributed by atoms with van der Waals surface area (Å²) in [6.07, 6.45) is -3.59. The fourth-order valence-corrected chi connectivity index (χ4v) is 3.80. The third-order valence-corrected chi connectivity index (χ3v) is 5.54. The number of rotatable bonds is 5. The Morgan fingerprint density at radius 1 is 1.14 bits per heavy atom. The Labute approximate surface area is 204 Å². The van der Waals surface area contributed by atoms with Crippen molar-refractivity contribution in [2.24, 2.45) is 5.73 Å². The second kappa shape index (κ2) is 9.19. The lowest BCUT2D eigenvalue weighted by atomic mass is 10.1. The molecule has 2 aromatic carbocycles. The Morgan fingerprint density at radius 2 is 1.86 bits per heavy atom. The van der Waals surface area contributed by atoms with Gasteiger partial charge in [0.15, 0.2) is 0 Å². The number of nitrogens with one attached hydrogen (secondary N) is 1. The maximum absolute atomic E-state index is 13.4. The quantitative estimate of drug-likeness (QED) is 0.384. The number of alkyl halides is 3. The predicted octanol–water partition coefficient (Wildman–Crippen LogP) is 4.48. The Bertz CT molecular complexity index is 1510. The maximum Gasteiger partial charge on any atom is 0.433 e. The van der Waals surface area contributed by atoms with Crippen molar-refractivity contribution in [3.8, 4) is 6.07 Å². The summed E-state index contributed by atoms with van der Waals surface area (Å²) in [7, 11) is 0. The van der Waals surface area contributed by atoms with Gasteiger partial charge in [0.2, 0.25) is 0 Å². The van der Waals surface area contributed by atoms with Crippen LogP contribution in [0.25, 0.3) is 10.9 Å². The van der Waals surface area contributed by atoms with Crippen molar-refractivity contribution in [1.82, 2.24) is 14.8 Å². The van der Waals surface area contributed by atoms with Crippen molar-refractivity contribution in [3.05, 3.63) is 87.3 Å². The molecule has 8 nitrogen and oxygen atoms in total. The molecule has 4 aromatic rings. The van der Waals surface area contributed by atoms with Gasteiger partial charge in [0.05, 0.1) is 41.1 Å². The normalized spacial score (nSPS) is 11.3. The van der Waals surface area contributed by atoms with E-state index in [9.17, 15) is 22.8 Å². The molecule has 0 spiro atoms. The van der Waals surface area contributed by atoms with E-state index in [1.807, 2.05) is 6.07 Å². The molecular weight excluding hydrogens is 529 g/mol. The number of hydrogen-bond acceptors (Lipinski definition) is 5. The van der Waals surface area contributed by atoms with Gasteiger partial charge in [-0.2, -0.15) is 23.5 Å². The number of carbonyl (C=O) groups excluding carboxylic acids is 2. The fourth-order valence-electron chi connectivity index (χ4n) is 3.43. The molecule has 0 aliphatic heterocycles. The van der Waals surface area contributed by atoms with Crippen molar-refractivity contribution in [2.75, 3.05) is 5.32 Å². The van der Waals surface area contributed by atoms with Gasteiger partial charge in [0, 0.05) is 9.86 Å². The highest BCUT2D eigenvalue weighted by Crippen LogP contribution is 2.32. The lowest BCUT2D eigenvalue weighted by Crippen LogP contribution is -2.22. The second-order valence-corrected chi connectivity index (χ2v) is 8.32. The number of fused-ring (bicyclic) bond motifs is 1. The number of halogens is 4. The lowest BCUT2D eigenvalue weighted by molar-refractivity contribution is -0.140. The van der Waals surface area contributed by atoms with Gasteiger partial charge >= 0.3 is 6.18 Å². The zero-order chi connectivity index (χ0) is 25.3. The zero-order valence-corrected chi connectivity index (χ0v) is 19.2. The molecule has 4 rings (SSSR count). The van der Waals surface area contributed by atoms with E-state index < -0.39 is 23.7 Å². The first kappa shape index (κ1) is 23.9. The first-order chi connectivity index (χ1) is 16.6. The number of nitrogens with two attached hydrogens (primary N) is 1. The van der Waals surface area contributed by atoms with Gasteiger partial charge < -0.3 is 11.1 Å². The van der Waals surface area contributed by atoms with Crippen LogP contribution >= 0.6 is 15.9 Å². The summed E-state index contributed by atoms with van der Waals surface area (Å²) >= 11 is 3.24. The molecular formula is C23H14BrF3N6O2. The number of primary amides is 1. The van der Waals surface area contributed by atoms with Crippen LogP contribution in [-0.2, 0) is 12.7 Å². The molecule has 176 valence electrons. The Kier molecular flexibility index (Phi) is 6.27. The highest BCUT2D eigenvalue weighted by Gasteiger charge is 2.34. The molecule has 2 heterocycles. The average Bonchev–Trinajstić information content (AvgIpc) is 3.20. The average molecular weight is 543 g/mol. The van der Waals surface area contributed by atoms with E-state index in [-0.39, 0.29) is 34.4 Å². The van der Waals surface area contributed by atoms with Crippen LogP contribution in [0.4, 0.5) is 18.9 Å². The molecule has 0 saturated heterocycles. The van der Waals surface area contributed by atoms with Crippen LogP contribution in [0.15, 0.2) is 59.2 Å². The zero-order valence-electron chi connectivity index (χ0n) is 17.6. The fraction of sp³-hybridized carbons (Fsp3) is 0.0870. The van der Waals surface area contributed by atoms with Crippen LogP contribution in [0.1, 0.15) is 37.7 Å². The second-order valence-electron chi connectivity index (χ2n) is 7.41. The van der Waals surface area contributed by atoms with E-state index in [4.69, 9.17) is 11.0 Å². The minimum atomic E-state index is -4.78. The number of nitriles is 1. The van der Waals surface area contributed by atoms with Crippen molar-refractivity contribution in [3.63, 3.8) is 0 Å². The molecule has 2 aromatic heterocycles. The number of nitrogens with zero attached hydrogens (tertiary/aromatic N) is 4. The molecule has 0 aliphatic carbocycles. The smallest absolute Gasteiger partial charge is 0.364 e. The van der Waals surface area contributed by atoms with E-state index in [0.29, 0.717) is 21.7 Å². The van der Waals surface area contributed by atoms with E-state index in [1.165, 1.54) is 29.1 Å². The number of benzene rings is 2. The van der Waals surface area contributed by atoms with Crippen molar-refractivity contribution >= 4 is 44.3 Å². The van der Waals surface area contributed by atoms with E-state index in [2.05, 4.69) is 31.3 Å². The van der Waals surface area contributed by atoms with Gasteiger partial charge in [-0.05, 0) is 42.0 Å². The van der Waals surface area contributed by atoms with Crippen LogP contribution in [0.5, 0.6) is 0 Å².